The second-order valence-corrected chi connectivity index (χ2v) is 5.12. The van der Waals surface area contributed by atoms with Crippen molar-refractivity contribution in [2.45, 2.75) is 0 Å². The Morgan fingerprint density at radius 1 is 1.30 bits per heavy atom. The van der Waals surface area contributed by atoms with Gasteiger partial charge in [-0.05, 0) is 18.2 Å². The van der Waals surface area contributed by atoms with Crippen molar-refractivity contribution in [3.63, 3.8) is 0 Å². The number of nitriles is 1. The van der Waals surface area contributed by atoms with Crippen molar-refractivity contribution < 1.29 is 4.39 Å². The Balaban J connectivity index is 2.04. The Labute approximate surface area is 121 Å². The fourth-order valence-corrected chi connectivity index (χ4v) is 2.69. The van der Waals surface area contributed by atoms with Gasteiger partial charge in [-0.15, -0.1) is 16.4 Å². The highest BCUT2D eigenvalue weighted by Gasteiger charge is 2.14. The lowest BCUT2D eigenvalue weighted by Crippen LogP contribution is -1.84. The summed E-state index contributed by atoms with van der Waals surface area (Å²) in [5.74, 6) is -0.427. The largest absolute Gasteiger partial charge is 0.234 e. The van der Waals surface area contributed by atoms with Gasteiger partial charge in [-0.2, -0.15) is 15.6 Å². The summed E-state index contributed by atoms with van der Waals surface area (Å²) in [5.41, 5.74) is 1.63. The van der Waals surface area contributed by atoms with Crippen LogP contribution in [0.4, 0.5) is 4.39 Å². The molecule has 0 amide bonds. The van der Waals surface area contributed by atoms with Gasteiger partial charge in [0, 0.05) is 16.0 Å². The molecule has 0 bridgehead atoms. The maximum atomic E-state index is 13.3. The molecule has 3 aromatic rings. The zero-order valence-electron chi connectivity index (χ0n) is 9.76. The van der Waals surface area contributed by atoms with Crippen molar-refractivity contribution in [3.8, 4) is 28.0 Å². The second-order valence-electron chi connectivity index (χ2n) is 3.83. The van der Waals surface area contributed by atoms with Crippen LogP contribution in [0.5, 0.6) is 0 Å². The summed E-state index contributed by atoms with van der Waals surface area (Å²) in [5, 5.41) is 21.5. The van der Waals surface area contributed by atoms with E-state index < -0.39 is 5.82 Å². The van der Waals surface area contributed by atoms with Gasteiger partial charge in [0.05, 0.1) is 0 Å². The molecule has 2 heterocycles. The van der Waals surface area contributed by atoms with Crippen molar-refractivity contribution in [1.29, 1.82) is 5.26 Å². The summed E-state index contributed by atoms with van der Waals surface area (Å²) >= 11 is 7.13. The number of aromatic amines is 1. The molecule has 0 spiro atoms. The van der Waals surface area contributed by atoms with Gasteiger partial charge in [-0.25, -0.2) is 9.37 Å². The van der Waals surface area contributed by atoms with Crippen molar-refractivity contribution in [2.75, 3.05) is 0 Å². The van der Waals surface area contributed by atoms with E-state index in [1.807, 2.05) is 6.07 Å². The first-order valence-corrected chi connectivity index (χ1v) is 6.66. The molecule has 5 nitrogen and oxygen atoms in total. The highest BCUT2D eigenvalue weighted by molar-refractivity contribution is 7.13. The number of halogens is 2. The smallest absolute Gasteiger partial charge is 0.192 e. The predicted molar refractivity (Wildman–Crippen MR) is 72.6 cm³/mol. The van der Waals surface area contributed by atoms with Crippen LogP contribution in [0, 0.1) is 17.1 Å². The van der Waals surface area contributed by atoms with E-state index >= 15 is 0 Å². The number of H-pyrrole nitrogens is 1. The molecule has 2 aromatic heterocycles. The van der Waals surface area contributed by atoms with E-state index in [0.29, 0.717) is 27.0 Å². The van der Waals surface area contributed by atoms with Gasteiger partial charge in [0.15, 0.2) is 5.69 Å². The lowest BCUT2D eigenvalue weighted by molar-refractivity contribution is 0.628. The number of aromatic nitrogens is 4. The number of hydrogen-bond donors (Lipinski definition) is 1. The SMILES string of the molecule is N#Cc1n[nH]nc1-c1csc(-c2cc(F)cc(Cl)c2)n1. The molecule has 0 aliphatic rings. The Morgan fingerprint density at radius 2 is 2.15 bits per heavy atom. The molecule has 0 aliphatic heterocycles. The minimum Gasteiger partial charge on any atom is -0.234 e. The lowest BCUT2D eigenvalue weighted by atomic mass is 10.2. The van der Waals surface area contributed by atoms with Crippen LogP contribution in [-0.2, 0) is 0 Å². The minimum atomic E-state index is -0.427. The van der Waals surface area contributed by atoms with E-state index in [-0.39, 0.29) is 5.69 Å². The Hall–Kier alpha value is -2.30. The molecule has 0 unspecified atom stereocenters. The number of benzene rings is 1. The molecule has 0 fully saturated rings. The van der Waals surface area contributed by atoms with Gasteiger partial charge in [-0.3, -0.25) is 0 Å². The van der Waals surface area contributed by atoms with Crippen molar-refractivity contribution in [3.05, 3.63) is 40.1 Å². The van der Waals surface area contributed by atoms with Gasteiger partial charge in [0.2, 0.25) is 0 Å². The summed E-state index contributed by atoms with van der Waals surface area (Å²) in [7, 11) is 0. The van der Waals surface area contributed by atoms with E-state index in [1.165, 1.54) is 23.5 Å². The topological polar surface area (TPSA) is 78.2 Å². The monoisotopic (exact) mass is 305 g/mol. The third-order valence-corrected chi connectivity index (χ3v) is 3.62. The molecule has 8 heteroatoms. The van der Waals surface area contributed by atoms with Gasteiger partial charge >= 0.3 is 0 Å². The molecular weight excluding hydrogens is 301 g/mol. The average molecular weight is 306 g/mol. The summed E-state index contributed by atoms with van der Waals surface area (Å²) < 4.78 is 13.3. The van der Waals surface area contributed by atoms with Gasteiger partial charge in [0.25, 0.3) is 0 Å². The van der Waals surface area contributed by atoms with Crippen LogP contribution in [0.15, 0.2) is 23.6 Å². The van der Waals surface area contributed by atoms with Crippen molar-refractivity contribution in [1.82, 2.24) is 20.4 Å². The van der Waals surface area contributed by atoms with Crippen LogP contribution in [0.1, 0.15) is 5.69 Å². The maximum Gasteiger partial charge on any atom is 0.192 e. The van der Waals surface area contributed by atoms with Gasteiger partial charge < -0.3 is 0 Å². The first-order valence-electron chi connectivity index (χ1n) is 5.40. The van der Waals surface area contributed by atoms with Crippen molar-refractivity contribution >= 4 is 22.9 Å². The maximum absolute atomic E-state index is 13.3. The second kappa shape index (κ2) is 5.00. The summed E-state index contributed by atoms with van der Waals surface area (Å²) in [6.07, 6.45) is 0. The third kappa shape index (κ3) is 2.27. The molecule has 98 valence electrons. The Bertz CT molecular complexity index is 799. The first kappa shape index (κ1) is 12.7. The van der Waals surface area contributed by atoms with Crippen LogP contribution < -0.4 is 0 Å². The van der Waals surface area contributed by atoms with Crippen LogP contribution in [0.2, 0.25) is 5.02 Å². The van der Waals surface area contributed by atoms with Gasteiger partial charge in [0.1, 0.15) is 28.3 Å². The van der Waals surface area contributed by atoms with Crippen LogP contribution >= 0.6 is 22.9 Å². The number of thiazole rings is 1. The van der Waals surface area contributed by atoms with E-state index in [1.54, 1.807) is 11.4 Å². The molecular formula is C12H5ClFN5S. The zero-order valence-corrected chi connectivity index (χ0v) is 11.3. The number of rotatable bonds is 2. The number of nitrogens with one attached hydrogen (secondary N) is 1. The fraction of sp³-hybridized carbons (Fsp3) is 0. The highest BCUT2D eigenvalue weighted by Crippen LogP contribution is 2.30. The summed E-state index contributed by atoms with van der Waals surface area (Å²) in [6.45, 7) is 0. The average Bonchev–Trinajstić information content (AvgIpc) is 3.06. The summed E-state index contributed by atoms with van der Waals surface area (Å²) in [4.78, 5) is 4.33. The fourth-order valence-electron chi connectivity index (χ4n) is 1.68. The Morgan fingerprint density at radius 3 is 2.90 bits per heavy atom. The molecule has 3 rings (SSSR count). The Kier molecular flexibility index (Phi) is 3.18. The zero-order chi connectivity index (χ0) is 14.1. The number of nitrogens with zero attached hydrogens (tertiary/aromatic N) is 4. The van der Waals surface area contributed by atoms with Crippen LogP contribution in [0.25, 0.3) is 22.0 Å². The quantitative estimate of drug-likeness (QED) is 0.788. The van der Waals surface area contributed by atoms with E-state index in [0.717, 1.165) is 0 Å². The molecule has 0 saturated carbocycles. The molecule has 1 N–H and O–H groups in total. The summed E-state index contributed by atoms with van der Waals surface area (Å²) in [6, 6.07) is 6.12. The van der Waals surface area contributed by atoms with Crippen molar-refractivity contribution in [2.24, 2.45) is 0 Å². The van der Waals surface area contributed by atoms with E-state index in [9.17, 15) is 4.39 Å². The van der Waals surface area contributed by atoms with Crippen LogP contribution in [-0.4, -0.2) is 20.4 Å². The molecule has 0 atom stereocenters. The molecule has 0 saturated heterocycles. The molecule has 0 radical (unpaired) electrons. The normalized spacial score (nSPS) is 10.4. The molecule has 1 aromatic carbocycles. The van der Waals surface area contributed by atoms with Crippen LogP contribution in [0.3, 0.4) is 0 Å². The lowest BCUT2D eigenvalue weighted by Gasteiger charge is -1.98. The molecule has 0 aliphatic carbocycles. The van der Waals surface area contributed by atoms with Gasteiger partial charge in [-0.1, -0.05) is 11.6 Å². The third-order valence-electron chi connectivity index (χ3n) is 2.51. The minimum absolute atomic E-state index is 0.166. The molecule has 20 heavy (non-hydrogen) atoms. The van der Waals surface area contributed by atoms with E-state index in [2.05, 4.69) is 20.4 Å². The van der Waals surface area contributed by atoms with E-state index in [4.69, 9.17) is 16.9 Å². The highest BCUT2D eigenvalue weighted by atomic mass is 35.5. The predicted octanol–water partition coefficient (Wildman–Crippen LogP) is 3.26. The first-order chi connectivity index (χ1) is 9.67. The standard InChI is InChI=1S/C12H5ClFN5S/c13-7-1-6(2-8(14)3-7)12-16-10(5-20-12)11-9(4-15)17-19-18-11/h1-3,5H,(H,17,18,19). The number of hydrogen-bond acceptors (Lipinski definition) is 5.